The van der Waals surface area contributed by atoms with E-state index in [1.165, 1.54) is 6.20 Å². The van der Waals surface area contributed by atoms with Crippen molar-refractivity contribution >= 4 is 11.8 Å². The van der Waals surface area contributed by atoms with E-state index < -0.39 is 5.41 Å². The van der Waals surface area contributed by atoms with Gasteiger partial charge in [0.05, 0.1) is 17.3 Å². The summed E-state index contributed by atoms with van der Waals surface area (Å²) in [6.07, 6.45) is 5.06. The zero-order valence-electron chi connectivity index (χ0n) is 16.0. The molecule has 3 aliphatic rings. The number of carbonyl (C=O) groups excluding carboxylic acids is 2. The first-order valence-electron chi connectivity index (χ1n) is 9.64. The van der Waals surface area contributed by atoms with Crippen molar-refractivity contribution in [3.8, 4) is 0 Å². The van der Waals surface area contributed by atoms with Crippen LogP contribution < -0.4 is 0 Å². The zero-order chi connectivity index (χ0) is 19.5. The second-order valence-electron chi connectivity index (χ2n) is 8.22. The van der Waals surface area contributed by atoms with Crippen molar-refractivity contribution in [2.24, 2.45) is 11.8 Å². The van der Waals surface area contributed by atoms with E-state index in [-0.39, 0.29) is 23.7 Å². The average Bonchev–Trinajstić information content (AvgIpc) is 3.18. The van der Waals surface area contributed by atoms with Crippen LogP contribution in [0.3, 0.4) is 0 Å². The first-order valence-corrected chi connectivity index (χ1v) is 9.64. The van der Waals surface area contributed by atoms with Gasteiger partial charge in [0.1, 0.15) is 5.69 Å². The van der Waals surface area contributed by atoms with Crippen LogP contribution in [0.25, 0.3) is 0 Å². The first kappa shape index (κ1) is 17.3. The van der Waals surface area contributed by atoms with Crippen LogP contribution in [-0.2, 0) is 10.2 Å². The highest BCUT2D eigenvalue weighted by molar-refractivity contribution is 5.92. The van der Waals surface area contributed by atoms with Crippen LogP contribution >= 0.6 is 0 Å². The molecule has 9 heteroatoms. The van der Waals surface area contributed by atoms with E-state index in [4.69, 9.17) is 4.52 Å². The van der Waals surface area contributed by atoms with Crippen molar-refractivity contribution in [2.45, 2.75) is 32.1 Å². The molecule has 146 valence electrons. The fourth-order valence-corrected chi connectivity index (χ4v) is 4.44. The van der Waals surface area contributed by atoms with Crippen molar-refractivity contribution in [2.75, 3.05) is 26.2 Å². The smallest absolute Gasteiger partial charge is 0.274 e. The number of hydrogen-bond donors (Lipinski definition) is 0. The van der Waals surface area contributed by atoms with Crippen LogP contribution in [0.4, 0.5) is 0 Å². The average molecular weight is 382 g/mol. The minimum Gasteiger partial charge on any atom is -0.341 e. The molecule has 2 saturated heterocycles. The van der Waals surface area contributed by atoms with E-state index in [1.807, 2.05) is 11.8 Å². The van der Waals surface area contributed by atoms with Gasteiger partial charge in [-0.2, -0.15) is 4.98 Å². The Morgan fingerprint density at radius 2 is 1.86 bits per heavy atom. The lowest BCUT2D eigenvalue weighted by Crippen LogP contribution is -2.41. The number of likely N-dealkylation sites (tertiary alicyclic amines) is 2. The van der Waals surface area contributed by atoms with Gasteiger partial charge >= 0.3 is 0 Å². The predicted octanol–water partition coefficient (Wildman–Crippen LogP) is 0.739. The molecule has 3 fully saturated rings. The van der Waals surface area contributed by atoms with E-state index in [0.717, 1.165) is 18.5 Å². The molecule has 0 aromatic carbocycles. The van der Waals surface area contributed by atoms with Crippen molar-refractivity contribution in [3.63, 3.8) is 0 Å². The maximum Gasteiger partial charge on any atom is 0.274 e. The molecule has 0 radical (unpaired) electrons. The van der Waals surface area contributed by atoms with Gasteiger partial charge in [0.2, 0.25) is 11.8 Å². The molecule has 0 spiro atoms. The fraction of sp³-hybridized carbons (Fsp3) is 0.579. The predicted molar refractivity (Wildman–Crippen MR) is 96.2 cm³/mol. The second kappa shape index (κ2) is 6.08. The summed E-state index contributed by atoms with van der Waals surface area (Å²) in [5.74, 6) is 1.37. The van der Waals surface area contributed by atoms with Gasteiger partial charge in [-0.25, -0.2) is 4.98 Å². The molecular formula is C19H22N6O3. The highest BCUT2D eigenvalue weighted by Gasteiger charge is 2.59. The van der Waals surface area contributed by atoms with E-state index in [2.05, 4.69) is 20.1 Å². The first-order chi connectivity index (χ1) is 13.5. The minimum atomic E-state index is -0.514. The molecule has 1 saturated carbocycles. The Balaban J connectivity index is 1.43. The number of aryl methyl sites for hydroxylation is 2. The molecule has 0 bridgehead atoms. The summed E-state index contributed by atoms with van der Waals surface area (Å²) in [6.45, 7) is 5.70. The Kier molecular flexibility index (Phi) is 3.75. The molecule has 28 heavy (non-hydrogen) atoms. The van der Waals surface area contributed by atoms with Crippen LogP contribution in [0.2, 0.25) is 0 Å². The van der Waals surface area contributed by atoms with Crippen LogP contribution in [0.5, 0.6) is 0 Å². The zero-order valence-corrected chi connectivity index (χ0v) is 16.0. The number of amides is 2. The Hall–Kier alpha value is -2.84. The topological polar surface area (TPSA) is 105 Å². The van der Waals surface area contributed by atoms with Gasteiger partial charge in [-0.05, 0) is 26.7 Å². The lowest BCUT2D eigenvalue weighted by Gasteiger charge is -2.26. The molecule has 2 aromatic heterocycles. The largest absolute Gasteiger partial charge is 0.341 e. The molecule has 4 heterocycles. The van der Waals surface area contributed by atoms with E-state index in [9.17, 15) is 9.59 Å². The summed E-state index contributed by atoms with van der Waals surface area (Å²) >= 11 is 0. The fourth-order valence-electron chi connectivity index (χ4n) is 4.44. The van der Waals surface area contributed by atoms with Crippen LogP contribution in [0.1, 0.15) is 40.7 Å². The van der Waals surface area contributed by atoms with Gasteiger partial charge in [-0.3, -0.25) is 14.6 Å². The van der Waals surface area contributed by atoms with Crippen LogP contribution in [-0.4, -0.2) is 67.9 Å². The molecule has 2 atom stereocenters. The van der Waals surface area contributed by atoms with E-state index >= 15 is 0 Å². The van der Waals surface area contributed by atoms with Gasteiger partial charge in [-0.1, -0.05) is 5.16 Å². The Morgan fingerprint density at radius 3 is 2.50 bits per heavy atom. The lowest BCUT2D eigenvalue weighted by atomic mass is 9.81. The molecule has 9 nitrogen and oxygen atoms in total. The summed E-state index contributed by atoms with van der Waals surface area (Å²) in [5.41, 5.74) is 0.579. The monoisotopic (exact) mass is 382 g/mol. The van der Waals surface area contributed by atoms with Crippen molar-refractivity contribution in [1.82, 2.24) is 29.9 Å². The lowest BCUT2D eigenvalue weighted by molar-refractivity contribution is -0.131. The standard InChI is InChI=1S/C19H22N6O3/c1-11-5-21-15(6-20-11)17(27)25-8-14-7-24(16(26)13-3-4-13)9-19(14,10-25)18-22-12(2)23-28-18/h5-6,13-14H,3-4,7-10H2,1-2H3/t14-,19-/m1/s1. The van der Waals surface area contributed by atoms with Gasteiger partial charge < -0.3 is 14.3 Å². The van der Waals surface area contributed by atoms with E-state index in [1.54, 1.807) is 18.0 Å². The molecule has 2 aliphatic heterocycles. The van der Waals surface area contributed by atoms with Gasteiger partial charge in [0.25, 0.3) is 5.91 Å². The highest BCUT2D eigenvalue weighted by Crippen LogP contribution is 2.46. The Labute approximate surface area is 162 Å². The normalized spacial score (nSPS) is 26.6. The van der Waals surface area contributed by atoms with Crippen molar-refractivity contribution < 1.29 is 14.1 Å². The van der Waals surface area contributed by atoms with E-state index in [0.29, 0.717) is 43.6 Å². The second-order valence-corrected chi connectivity index (χ2v) is 8.22. The summed E-state index contributed by atoms with van der Waals surface area (Å²) in [5, 5.41) is 3.96. The van der Waals surface area contributed by atoms with Crippen molar-refractivity contribution in [1.29, 1.82) is 0 Å². The number of aromatic nitrogens is 4. The number of carbonyl (C=O) groups is 2. The molecule has 1 aliphatic carbocycles. The number of hydrogen-bond acceptors (Lipinski definition) is 7. The van der Waals surface area contributed by atoms with Gasteiger partial charge in [-0.15, -0.1) is 0 Å². The number of nitrogens with zero attached hydrogens (tertiary/aromatic N) is 6. The van der Waals surface area contributed by atoms with Crippen LogP contribution in [0.15, 0.2) is 16.9 Å². The van der Waals surface area contributed by atoms with Gasteiger partial charge in [0, 0.05) is 44.2 Å². The highest BCUT2D eigenvalue weighted by atomic mass is 16.5. The maximum absolute atomic E-state index is 13.0. The third-order valence-electron chi connectivity index (χ3n) is 6.09. The molecule has 2 aromatic rings. The SMILES string of the molecule is Cc1cnc(C(=O)N2C[C@H]3CN(C(=O)C4CC4)C[C@@]3(c3nc(C)no3)C2)cn1. The molecule has 0 unspecified atom stereocenters. The summed E-state index contributed by atoms with van der Waals surface area (Å²) in [7, 11) is 0. The minimum absolute atomic E-state index is 0.0670. The Morgan fingerprint density at radius 1 is 1.11 bits per heavy atom. The number of rotatable bonds is 3. The number of fused-ring (bicyclic) bond motifs is 1. The van der Waals surface area contributed by atoms with Crippen LogP contribution in [0, 0.1) is 25.7 Å². The molecule has 2 amide bonds. The summed E-state index contributed by atoms with van der Waals surface area (Å²) < 4.78 is 5.54. The quantitative estimate of drug-likeness (QED) is 0.771. The molecule has 5 rings (SSSR count). The van der Waals surface area contributed by atoms with Crippen molar-refractivity contribution in [3.05, 3.63) is 35.5 Å². The summed E-state index contributed by atoms with van der Waals surface area (Å²) in [6, 6.07) is 0. The molecule has 0 N–H and O–H groups in total. The Bertz CT molecular complexity index is 937. The third kappa shape index (κ3) is 2.68. The summed E-state index contributed by atoms with van der Waals surface area (Å²) in [4.78, 5) is 42.2. The maximum atomic E-state index is 13.0. The third-order valence-corrected chi connectivity index (χ3v) is 6.09. The van der Waals surface area contributed by atoms with Gasteiger partial charge in [0.15, 0.2) is 5.82 Å². The molecular weight excluding hydrogens is 360 g/mol.